The van der Waals surface area contributed by atoms with Crippen LogP contribution in [0.25, 0.3) is 0 Å². The van der Waals surface area contributed by atoms with Crippen LogP contribution in [0.3, 0.4) is 0 Å². The predicted octanol–water partition coefficient (Wildman–Crippen LogP) is 2.16. The Labute approximate surface area is 105 Å². The summed E-state index contributed by atoms with van der Waals surface area (Å²) in [5.41, 5.74) is 1.21. The molecule has 1 fully saturated rings. The Hall–Kier alpha value is -0.450. The maximum Gasteiger partial charge on any atom is 0.109 e. The maximum absolute atomic E-state index is 5.75. The molecule has 0 unspecified atom stereocenters. The van der Waals surface area contributed by atoms with Crippen LogP contribution in [0.4, 0.5) is 0 Å². The Morgan fingerprint density at radius 2 is 2.25 bits per heavy atom. The molecule has 0 spiro atoms. The third-order valence-corrected chi connectivity index (χ3v) is 4.01. The third kappa shape index (κ3) is 2.62. The van der Waals surface area contributed by atoms with Gasteiger partial charge in [0, 0.05) is 19.7 Å². The van der Waals surface area contributed by atoms with E-state index in [0.717, 1.165) is 37.0 Å². The molecule has 1 saturated heterocycles. The Morgan fingerprint density at radius 1 is 1.50 bits per heavy atom. The van der Waals surface area contributed by atoms with Crippen LogP contribution in [0.1, 0.15) is 18.4 Å². The van der Waals surface area contributed by atoms with Crippen LogP contribution in [0.5, 0.6) is 0 Å². The fraction of sp³-hybridized carbons (Fsp3) is 0.583. The first kappa shape index (κ1) is 12.0. The number of piperidine rings is 1. The molecule has 1 aromatic heterocycles. The summed E-state index contributed by atoms with van der Waals surface area (Å²) in [4.78, 5) is 4.26. The zero-order chi connectivity index (χ0) is 11.4. The van der Waals surface area contributed by atoms with Crippen LogP contribution in [-0.2, 0) is 11.2 Å². The molecule has 1 N–H and O–H groups in total. The first-order valence-electron chi connectivity index (χ1n) is 5.61. The Kier molecular flexibility index (Phi) is 3.95. The lowest BCUT2D eigenvalue weighted by molar-refractivity contribution is -0.0335. The molecule has 0 atom stereocenters. The van der Waals surface area contributed by atoms with Gasteiger partial charge in [0.25, 0.3) is 0 Å². The highest BCUT2D eigenvalue weighted by Crippen LogP contribution is 2.29. The Balaban J connectivity index is 2.15. The van der Waals surface area contributed by atoms with E-state index in [2.05, 4.69) is 32.3 Å². The fourth-order valence-electron chi connectivity index (χ4n) is 2.23. The summed E-state index contributed by atoms with van der Waals surface area (Å²) in [7, 11) is 1.82. The summed E-state index contributed by atoms with van der Waals surface area (Å²) in [5, 5.41) is 3.37. The zero-order valence-corrected chi connectivity index (χ0v) is 11.1. The Morgan fingerprint density at radius 3 is 2.88 bits per heavy atom. The van der Waals surface area contributed by atoms with Gasteiger partial charge in [-0.15, -0.1) is 0 Å². The van der Waals surface area contributed by atoms with Gasteiger partial charge in [0.05, 0.1) is 5.60 Å². The highest BCUT2D eigenvalue weighted by molar-refractivity contribution is 9.10. The number of nitrogens with one attached hydrogen (secondary N) is 1. The molecule has 1 aliphatic heterocycles. The lowest BCUT2D eigenvalue weighted by Gasteiger charge is -2.36. The average Bonchev–Trinajstić information content (AvgIpc) is 2.33. The molecule has 2 rings (SSSR count). The van der Waals surface area contributed by atoms with Gasteiger partial charge < -0.3 is 10.1 Å². The standard InChI is InChI=1S/C12H17BrN2O/c1-16-12(4-7-14-8-5-12)9-10-3-2-6-15-11(10)13/h2-3,6,14H,4-5,7-9H2,1H3. The van der Waals surface area contributed by atoms with Crippen molar-refractivity contribution < 1.29 is 4.74 Å². The monoisotopic (exact) mass is 284 g/mol. The van der Waals surface area contributed by atoms with Crippen molar-refractivity contribution in [1.29, 1.82) is 0 Å². The molecule has 0 aliphatic carbocycles. The van der Waals surface area contributed by atoms with Gasteiger partial charge in [0.15, 0.2) is 0 Å². The predicted molar refractivity (Wildman–Crippen MR) is 67.5 cm³/mol. The third-order valence-electron chi connectivity index (χ3n) is 3.30. The summed E-state index contributed by atoms with van der Waals surface area (Å²) >= 11 is 3.49. The number of halogens is 1. The second-order valence-corrected chi connectivity index (χ2v) is 5.02. The van der Waals surface area contributed by atoms with Gasteiger partial charge in [0.1, 0.15) is 4.60 Å². The fourth-order valence-corrected chi connectivity index (χ4v) is 2.62. The molecule has 0 bridgehead atoms. The second kappa shape index (κ2) is 5.25. The van der Waals surface area contributed by atoms with Crippen molar-refractivity contribution in [3.8, 4) is 0 Å². The van der Waals surface area contributed by atoms with Crippen molar-refractivity contribution in [1.82, 2.24) is 10.3 Å². The van der Waals surface area contributed by atoms with Crippen molar-refractivity contribution in [2.24, 2.45) is 0 Å². The number of rotatable bonds is 3. The molecule has 88 valence electrons. The van der Waals surface area contributed by atoms with Crippen molar-refractivity contribution in [2.45, 2.75) is 24.9 Å². The lowest BCUT2D eigenvalue weighted by atomic mass is 9.86. The summed E-state index contributed by atoms with van der Waals surface area (Å²) in [6.07, 6.45) is 4.85. The minimum Gasteiger partial charge on any atom is -0.378 e. The van der Waals surface area contributed by atoms with Gasteiger partial charge in [-0.2, -0.15) is 0 Å². The normalized spacial score (nSPS) is 19.6. The van der Waals surface area contributed by atoms with Crippen LogP contribution >= 0.6 is 15.9 Å². The zero-order valence-electron chi connectivity index (χ0n) is 9.50. The molecular weight excluding hydrogens is 268 g/mol. The topological polar surface area (TPSA) is 34.1 Å². The van der Waals surface area contributed by atoms with Crippen molar-refractivity contribution in [3.63, 3.8) is 0 Å². The molecule has 0 aromatic carbocycles. The Bertz CT molecular complexity index is 351. The van der Waals surface area contributed by atoms with Crippen molar-refractivity contribution in [2.75, 3.05) is 20.2 Å². The lowest BCUT2D eigenvalue weighted by Crippen LogP contribution is -2.45. The first-order valence-corrected chi connectivity index (χ1v) is 6.40. The molecule has 2 heterocycles. The molecule has 0 amide bonds. The van der Waals surface area contributed by atoms with Crippen LogP contribution < -0.4 is 5.32 Å². The number of hydrogen-bond acceptors (Lipinski definition) is 3. The van der Waals surface area contributed by atoms with E-state index in [1.54, 1.807) is 6.20 Å². The minimum absolute atomic E-state index is 0.0171. The van der Waals surface area contributed by atoms with Crippen LogP contribution in [0.15, 0.2) is 22.9 Å². The number of pyridine rings is 1. The van der Waals surface area contributed by atoms with E-state index in [-0.39, 0.29) is 5.60 Å². The molecule has 1 aromatic rings. The molecular formula is C12H17BrN2O. The van der Waals surface area contributed by atoms with Crippen LogP contribution in [-0.4, -0.2) is 30.8 Å². The van der Waals surface area contributed by atoms with Crippen LogP contribution in [0, 0.1) is 0 Å². The smallest absolute Gasteiger partial charge is 0.109 e. The maximum atomic E-state index is 5.75. The van der Waals surface area contributed by atoms with Gasteiger partial charge in [0.2, 0.25) is 0 Å². The van der Waals surface area contributed by atoms with E-state index in [1.807, 2.05) is 13.2 Å². The summed E-state index contributed by atoms with van der Waals surface area (Å²) in [5.74, 6) is 0. The number of nitrogens with zero attached hydrogens (tertiary/aromatic N) is 1. The second-order valence-electron chi connectivity index (χ2n) is 4.27. The highest BCUT2D eigenvalue weighted by atomic mass is 79.9. The molecule has 1 aliphatic rings. The molecule has 16 heavy (non-hydrogen) atoms. The first-order chi connectivity index (χ1) is 7.76. The number of ether oxygens (including phenoxy) is 1. The van der Waals surface area contributed by atoms with Gasteiger partial charge >= 0.3 is 0 Å². The summed E-state index contributed by atoms with van der Waals surface area (Å²) in [6, 6.07) is 4.09. The van der Waals surface area contributed by atoms with E-state index < -0.39 is 0 Å². The summed E-state index contributed by atoms with van der Waals surface area (Å²) in [6.45, 7) is 2.07. The van der Waals surface area contributed by atoms with Crippen molar-refractivity contribution in [3.05, 3.63) is 28.5 Å². The van der Waals surface area contributed by atoms with Gasteiger partial charge in [-0.3, -0.25) is 0 Å². The molecule has 3 nitrogen and oxygen atoms in total. The quantitative estimate of drug-likeness (QED) is 0.864. The van der Waals surface area contributed by atoms with E-state index in [1.165, 1.54) is 5.56 Å². The SMILES string of the molecule is COC1(Cc2cccnc2Br)CCNCC1. The molecule has 4 heteroatoms. The van der Waals surface area contributed by atoms with E-state index in [9.17, 15) is 0 Å². The van der Waals surface area contributed by atoms with E-state index in [0.29, 0.717) is 0 Å². The van der Waals surface area contributed by atoms with Crippen molar-refractivity contribution >= 4 is 15.9 Å². The van der Waals surface area contributed by atoms with Crippen LogP contribution in [0.2, 0.25) is 0 Å². The number of hydrogen-bond donors (Lipinski definition) is 1. The largest absolute Gasteiger partial charge is 0.378 e. The molecule has 0 saturated carbocycles. The summed E-state index contributed by atoms with van der Waals surface area (Å²) < 4.78 is 6.68. The van der Waals surface area contributed by atoms with Gasteiger partial charge in [-0.25, -0.2) is 4.98 Å². The van der Waals surface area contributed by atoms with Gasteiger partial charge in [-0.05, 0) is 53.5 Å². The number of aromatic nitrogens is 1. The molecule has 0 radical (unpaired) electrons. The van der Waals surface area contributed by atoms with E-state index >= 15 is 0 Å². The minimum atomic E-state index is -0.0171. The average molecular weight is 285 g/mol. The van der Waals surface area contributed by atoms with Gasteiger partial charge in [-0.1, -0.05) is 6.07 Å². The number of methoxy groups -OCH3 is 1. The highest BCUT2D eigenvalue weighted by Gasteiger charge is 2.32. The van der Waals surface area contributed by atoms with E-state index in [4.69, 9.17) is 4.74 Å².